The lowest BCUT2D eigenvalue weighted by molar-refractivity contribution is -0.136. The smallest absolute Gasteiger partial charge is 0.321 e. The molecule has 1 aromatic carbocycles. The Bertz CT molecular complexity index is 1180. The van der Waals surface area contributed by atoms with Crippen LogP contribution < -0.4 is 5.32 Å². The molecular weight excluding hydrogens is 504 g/mol. The summed E-state index contributed by atoms with van der Waals surface area (Å²) in [5.74, 6) is -0.127. The van der Waals surface area contributed by atoms with Gasteiger partial charge in [-0.2, -0.15) is 0 Å². The van der Waals surface area contributed by atoms with E-state index in [9.17, 15) is 14.7 Å². The second-order valence-corrected chi connectivity index (χ2v) is 10.8. The quantitative estimate of drug-likeness (QED) is 0.493. The molecule has 3 amide bonds. The Morgan fingerprint density at radius 2 is 2.11 bits per heavy atom. The summed E-state index contributed by atoms with van der Waals surface area (Å²) in [5.41, 5.74) is 2.51. The molecule has 10 nitrogen and oxygen atoms in total. The topological polar surface area (TPSA) is 113 Å². The van der Waals surface area contributed by atoms with Crippen molar-refractivity contribution in [1.29, 1.82) is 0 Å². The second-order valence-electron chi connectivity index (χ2n) is 9.85. The molecule has 2 bridgehead atoms. The largest absolute Gasteiger partial charge is 0.394 e. The first-order valence-corrected chi connectivity index (χ1v) is 13.8. The first-order valence-electron chi connectivity index (χ1n) is 12.9. The van der Waals surface area contributed by atoms with E-state index in [1.807, 2.05) is 55.8 Å². The molecule has 11 heteroatoms. The van der Waals surface area contributed by atoms with Gasteiger partial charge in [0.25, 0.3) is 0 Å². The van der Waals surface area contributed by atoms with E-state index >= 15 is 0 Å². The van der Waals surface area contributed by atoms with Crippen molar-refractivity contribution in [3.63, 3.8) is 0 Å². The number of rotatable bonds is 6. The van der Waals surface area contributed by atoms with E-state index in [2.05, 4.69) is 21.7 Å². The third-order valence-corrected chi connectivity index (χ3v) is 7.71. The van der Waals surface area contributed by atoms with E-state index in [1.165, 1.54) is 4.88 Å². The number of hydrogen-bond donors (Lipinski definition) is 2. The maximum Gasteiger partial charge on any atom is 0.321 e. The molecule has 2 aromatic heterocycles. The van der Waals surface area contributed by atoms with Crippen molar-refractivity contribution in [2.45, 2.75) is 52.0 Å². The molecule has 0 aliphatic carbocycles. The van der Waals surface area contributed by atoms with Crippen LogP contribution in [0.25, 0.3) is 10.4 Å². The fraction of sp³-hybridized carbons (Fsp3) is 0.481. The Hall–Kier alpha value is -3.28. The number of thiophene rings is 1. The van der Waals surface area contributed by atoms with Crippen LogP contribution in [-0.4, -0.2) is 80.7 Å². The number of aliphatic hydroxyl groups excluding tert-OH is 1. The van der Waals surface area contributed by atoms with Crippen LogP contribution in [0.15, 0.2) is 48.0 Å². The first kappa shape index (κ1) is 27.7. The number of fused-ring (bicyclic) bond motifs is 2. The number of aromatic nitrogens is 3. The molecule has 3 atom stereocenters. The van der Waals surface area contributed by atoms with E-state index in [1.54, 1.807) is 32.9 Å². The average molecular weight is 541 g/mol. The van der Waals surface area contributed by atoms with Gasteiger partial charge < -0.3 is 25.0 Å². The third kappa shape index (κ3) is 7.18. The Kier molecular flexibility index (Phi) is 9.48. The number of hydrogen-bond acceptors (Lipinski definition) is 7. The number of urea groups is 1. The third-order valence-electron chi connectivity index (χ3n) is 6.79. The number of amides is 3. The summed E-state index contributed by atoms with van der Waals surface area (Å²) in [6.07, 6.45) is 2.44. The molecular formula is C27H36N6O4S. The maximum atomic E-state index is 13.0. The highest BCUT2D eigenvalue weighted by Crippen LogP contribution is 2.26. The van der Waals surface area contributed by atoms with Crippen molar-refractivity contribution in [1.82, 2.24) is 24.8 Å². The zero-order valence-corrected chi connectivity index (χ0v) is 22.9. The molecule has 4 rings (SSSR count). The number of nitrogens with one attached hydrogen (secondary N) is 1. The normalized spacial score (nSPS) is 19.7. The zero-order chi connectivity index (χ0) is 27.1. The van der Waals surface area contributed by atoms with Crippen LogP contribution in [0.1, 0.15) is 32.4 Å². The number of anilines is 1. The lowest BCUT2D eigenvalue weighted by Gasteiger charge is -2.35. The van der Waals surface area contributed by atoms with Crippen LogP contribution in [0.2, 0.25) is 0 Å². The number of nitrogens with zero attached hydrogens (tertiary/aromatic N) is 5. The zero-order valence-electron chi connectivity index (χ0n) is 22.1. The predicted molar refractivity (Wildman–Crippen MR) is 147 cm³/mol. The lowest BCUT2D eigenvalue weighted by atomic mass is 10.0. The minimum Gasteiger partial charge on any atom is -0.394 e. The molecule has 3 aromatic rings. The SMILES string of the molecule is C[C@H]1CN([C@@H](C)CO)C(=O)CCCn2cc(nn2)CO[C@@H]1CN(C)C(=O)Nc1ccc(-c2cccs2)cc1. The van der Waals surface area contributed by atoms with Gasteiger partial charge in [-0.1, -0.05) is 30.3 Å². The Balaban J connectivity index is 1.44. The minimum absolute atomic E-state index is 0.0196. The highest BCUT2D eigenvalue weighted by Gasteiger charge is 2.29. The highest BCUT2D eigenvalue weighted by atomic mass is 32.1. The summed E-state index contributed by atoms with van der Waals surface area (Å²) < 4.78 is 7.97. The van der Waals surface area contributed by atoms with E-state index in [-0.39, 0.29) is 43.2 Å². The van der Waals surface area contributed by atoms with Crippen LogP contribution in [-0.2, 0) is 22.7 Å². The fourth-order valence-corrected chi connectivity index (χ4v) is 5.16. The maximum absolute atomic E-state index is 13.0. The van der Waals surface area contributed by atoms with Gasteiger partial charge in [0, 0.05) is 49.6 Å². The predicted octanol–water partition coefficient (Wildman–Crippen LogP) is 3.70. The lowest BCUT2D eigenvalue weighted by Crippen LogP contribution is -2.48. The average Bonchev–Trinajstić information content (AvgIpc) is 3.61. The van der Waals surface area contributed by atoms with Crippen molar-refractivity contribution in [3.05, 3.63) is 53.7 Å². The minimum atomic E-state index is -0.376. The number of aliphatic hydroxyl groups is 1. The Labute approximate surface area is 227 Å². The van der Waals surface area contributed by atoms with Crippen molar-refractivity contribution in [3.8, 4) is 10.4 Å². The van der Waals surface area contributed by atoms with Crippen LogP contribution >= 0.6 is 11.3 Å². The van der Waals surface area contributed by atoms with Crippen molar-refractivity contribution < 1.29 is 19.4 Å². The molecule has 0 fully saturated rings. The van der Waals surface area contributed by atoms with Gasteiger partial charge in [0.15, 0.2) is 0 Å². The molecule has 38 heavy (non-hydrogen) atoms. The number of ether oxygens (including phenoxy) is 1. The molecule has 2 N–H and O–H groups in total. The number of aryl methyl sites for hydroxylation is 1. The van der Waals surface area contributed by atoms with Gasteiger partial charge in [0.1, 0.15) is 5.69 Å². The Morgan fingerprint density at radius 3 is 2.82 bits per heavy atom. The van der Waals surface area contributed by atoms with E-state index in [0.29, 0.717) is 43.9 Å². The molecule has 0 spiro atoms. The summed E-state index contributed by atoms with van der Waals surface area (Å²) in [6.45, 7) is 5.27. The molecule has 0 saturated heterocycles. The molecule has 0 unspecified atom stereocenters. The van der Waals surface area contributed by atoms with E-state index in [4.69, 9.17) is 4.74 Å². The number of benzene rings is 1. The number of carbonyl (C=O) groups excluding carboxylic acids is 2. The summed E-state index contributed by atoms with van der Waals surface area (Å²) in [5, 5.41) is 23.1. The van der Waals surface area contributed by atoms with Crippen molar-refractivity contribution in [2.24, 2.45) is 5.92 Å². The molecule has 3 heterocycles. The summed E-state index contributed by atoms with van der Waals surface area (Å²) in [4.78, 5) is 30.5. The van der Waals surface area contributed by atoms with Gasteiger partial charge in [-0.3, -0.25) is 9.48 Å². The van der Waals surface area contributed by atoms with E-state index < -0.39 is 0 Å². The summed E-state index contributed by atoms with van der Waals surface area (Å²) in [7, 11) is 1.72. The molecule has 1 aliphatic rings. The van der Waals surface area contributed by atoms with Gasteiger partial charge in [-0.15, -0.1) is 16.4 Å². The fourth-order valence-electron chi connectivity index (χ4n) is 4.43. The van der Waals surface area contributed by atoms with Crippen LogP contribution in [0.5, 0.6) is 0 Å². The van der Waals surface area contributed by atoms with Crippen LogP contribution in [0.3, 0.4) is 0 Å². The number of carbonyl (C=O) groups is 2. The van der Waals surface area contributed by atoms with Gasteiger partial charge in [0.2, 0.25) is 5.91 Å². The first-order chi connectivity index (χ1) is 18.3. The molecule has 0 radical (unpaired) electrons. The monoisotopic (exact) mass is 540 g/mol. The van der Waals surface area contributed by atoms with Gasteiger partial charge in [0.05, 0.1) is 31.6 Å². The standard InChI is InChI=1S/C27H36N6O4S/c1-19-14-33(20(2)17-34)26(35)7-4-12-32-15-23(29-30-32)18-37-24(19)16-31(3)27(36)28-22-10-8-21(9-11-22)25-6-5-13-38-25/h5-6,8-11,13,15,19-20,24,34H,4,7,12,14,16-18H2,1-3H3,(H,28,36)/t19-,20-,24+/m0/s1. The van der Waals surface area contributed by atoms with E-state index in [0.717, 1.165) is 5.56 Å². The van der Waals surface area contributed by atoms with Gasteiger partial charge in [-0.05, 0) is 42.5 Å². The molecule has 204 valence electrons. The molecule has 0 saturated carbocycles. The number of likely N-dealkylation sites (N-methyl/N-ethyl adjacent to an activating group) is 1. The summed E-state index contributed by atoms with van der Waals surface area (Å²) in [6, 6.07) is 11.3. The Morgan fingerprint density at radius 1 is 1.32 bits per heavy atom. The molecule has 1 aliphatic heterocycles. The highest BCUT2D eigenvalue weighted by molar-refractivity contribution is 7.13. The second kappa shape index (κ2) is 13.0. The van der Waals surface area contributed by atoms with Crippen LogP contribution in [0, 0.1) is 5.92 Å². The van der Waals surface area contributed by atoms with Gasteiger partial charge in [-0.25, -0.2) is 4.79 Å². The summed E-state index contributed by atoms with van der Waals surface area (Å²) >= 11 is 1.67. The van der Waals surface area contributed by atoms with Gasteiger partial charge >= 0.3 is 6.03 Å². The van der Waals surface area contributed by atoms with Crippen LogP contribution in [0.4, 0.5) is 10.5 Å². The van der Waals surface area contributed by atoms with Crippen molar-refractivity contribution >= 4 is 29.0 Å². The van der Waals surface area contributed by atoms with Crippen molar-refractivity contribution in [2.75, 3.05) is 32.1 Å².